The highest BCUT2D eigenvalue weighted by molar-refractivity contribution is 5.94. The highest BCUT2D eigenvalue weighted by atomic mass is 16.2. The summed E-state index contributed by atoms with van der Waals surface area (Å²) < 4.78 is 0. The fraction of sp³-hybridized carbons (Fsp3) is 0.500. The van der Waals surface area contributed by atoms with Crippen LogP contribution in [0.5, 0.6) is 0 Å². The van der Waals surface area contributed by atoms with Gasteiger partial charge in [0.05, 0.1) is 6.04 Å². The Balaban J connectivity index is 1.99. The van der Waals surface area contributed by atoms with Crippen LogP contribution in [0.15, 0.2) is 18.3 Å². The van der Waals surface area contributed by atoms with Crippen LogP contribution >= 0.6 is 0 Å². The molecule has 1 atom stereocenters. The Morgan fingerprint density at radius 1 is 1.56 bits per heavy atom. The lowest BCUT2D eigenvalue weighted by Gasteiger charge is -2.22. The molecule has 1 fully saturated rings. The predicted molar refractivity (Wildman–Crippen MR) is 63.2 cm³/mol. The highest BCUT2D eigenvalue weighted by Gasteiger charge is 2.20. The molecule has 0 unspecified atom stereocenters. The summed E-state index contributed by atoms with van der Waals surface area (Å²) in [5.74, 6) is 0.696. The predicted octanol–water partition coefficient (Wildman–Crippen LogP) is 1.47. The van der Waals surface area contributed by atoms with E-state index in [1.54, 1.807) is 6.20 Å². The van der Waals surface area contributed by atoms with E-state index in [9.17, 15) is 4.79 Å². The van der Waals surface area contributed by atoms with Crippen molar-refractivity contribution in [3.05, 3.63) is 23.9 Å². The smallest absolute Gasteiger partial charge is 0.242 e. The van der Waals surface area contributed by atoms with Crippen LogP contribution < -0.4 is 10.6 Å². The third-order valence-electron chi connectivity index (χ3n) is 2.88. The zero-order valence-corrected chi connectivity index (χ0v) is 9.49. The average molecular weight is 219 g/mol. The van der Waals surface area contributed by atoms with Crippen molar-refractivity contribution in [3.8, 4) is 0 Å². The molecule has 0 aliphatic carbocycles. The molecule has 1 saturated heterocycles. The maximum atomic E-state index is 11.9. The number of carbonyl (C=O) groups excluding carboxylic acids is 1. The summed E-state index contributed by atoms with van der Waals surface area (Å²) in [7, 11) is 0. The molecule has 0 aromatic carbocycles. The summed E-state index contributed by atoms with van der Waals surface area (Å²) in [6, 6.07) is 3.75. The first-order chi connectivity index (χ1) is 7.77. The number of aromatic nitrogens is 1. The van der Waals surface area contributed by atoms with E-state index < -0.39 is 0 Å². The molecule has 1 aromatic heterocycles. The molecule has 16 heavy (non-hydrogen) atoms. The van der Waals surface area contributed by atoms with Crippen molar-refractivity contribution >= 4 is 11.7 Å². The molecule has 0 spiro atoms. The SMILES string of the molecule is Cc1cccnc1NC(=O)[C@@H]1CCCCN1. The molecule has 2 heterocycles. The molecule has 2 N–H and O–H groups in total. The summed E-state index contributed by atoms with van der Waals surface area (Å²) in [5.41, 5.74) is 0.992. The van der Waals surface area contributed by atoms with E-state index >= 15 is 0 Å². The number of hydrogen-bond acceptors (Lipinski definition) is 3. The molecule has 0 radical (unpaired) electrons. The Morgan fingerprint density at radius 3 is 3.12 bits per heavy atom. The van der Waals surface area contributed by atoms with E-state index in [2.05, 4.69) is 15.6 Å². The molecular formula is C12H17N3O. The third-order valence-corrected chi connectivity index (χ3v) is 2.88. The van der Waals surface area contributed by atoms with Gasteiger partial charge in [-0.1, -0.05) is 12.5 Å². The zero-order chi connectivity index (χ0) is 11.4. The molecule has 1 aromatic rings. The van der Waals surface area contributed by atoms with Crippen molar-refractivity contribution in [2.75, 3.05) is 11.9 Å². The van der Waals surface area contributed by atoms with Crippen molar-refractivity contribution in [2.45, 2.75) is 32.2 Å². The number of pyridine rings is 1. The van der Waals surface area contributed by atoms with Crippen molar-refractivity contribution in [3.63, 3.8) is 0 Å². The van der Waals surface area contributed by atoms with Gasteiger partial charge in [0, 0.05) is 6.20 Å². The number of amides is 1. The summed E-state index contributed by atoms with van der Waals surface area (Å²) in [6.45, 7) is 2.87. The average Bonchev–Trinajstić information content (AvgIpc) is 2.33. The van der Waals surface area contributed by atoms with Crippen molar-refractivity contribution in [1.29, 1.82) is 0 Å². The van der Waals surface area contributed by atoms with Crippen molar-refractivity contribution < 1.29 is 4.79 Å². The molecule has 1 aliphatic heterocycles. The molecule has 1 aliphatic rings. The molecule has 4 nitrogen and oxygen atoms in total. The van der Waals surface area contributed by atoms with E-state index in [0.717, 1.165) is 31.4 Å². The van der Waals surface area contributed by atoms with E-state index in [1.165, 1.54) is 0 Å². The molecule has 1 amide bonds. The number of aryl methyl sites for hydroxylation is 1. The van der Waals surface area contributed by atoms with Gasteiger partial charge in [-0.3, -0.25) is 4.79 Å². The van der Waals surface area contributed by atoms with Crippen LogP contribution in [0.2, 0.25) is 0 Å². The van der Waals surface area contributed by atoms with Gasteiger partial charge in [-0.2, -0.15) is 0 Å². The summed E-state index contributed by atoms with van der Waals surface area (Å²) in [6.07, 6.45) is 4.88. The lowest BCUT2D eigenvalue weighted by atomic mass is 10.0. The van der Waals surface area contributed by atoms with Gasteiger partial charge in [0.25, 0.3) is 0 Å². The topological polar surface area (TPSA) is 54.0 Å². The maximum Gasteiger partial charge on any atom is 0.242 e. The Bertz CT molecular complexity index is 372. The standard InChI is InChI=1S/C12H17N3O/c1-9-5-4-8-14-11(9)15-12(16)10-6-2-3-7-13-10/h4-5,8,10,13H,2-3,6-7H2,1H3,(H,14,15,16)/t10-/m0/s1. The molecule has 86 valence electrons. The molecule has 2 rings (SSSR count). The van der Waals surface area contributed by atoms with Gasteiger partial charge in [-0.25, -0.2) is 4.98 Å². The maximum absolute atomic E-state index is 11.9. The van der Waals surface area contributed by atoms with E-state index in [-0.39, 0.29) is 11.9 Å². The normalized spacial score (nSPS) is 20.4. The number of rotatable bonds is 2. The van der Waals surface area contributed by atoms with Crippen molar-refractivity contribution in [2.24, 2.45) is 0 Å². The van der Waals surface area contributed by atoms with Crippen LogP contribution in [0.1, 0.15) is 24.8 Å². The first-order valence-corrected chi connectivity index (χ1v) is 5.73. The lowest BCUT2D eigenvalue weighted by molar-refractivity contribution is -0.118. The number of piperidine rings is 1. The summed E-state index contributed by atoms with van der Waals surface area (Å²) in [4.78, 5) is 16.1. The van der Waals surface area contributed by atoms with Gasteiger partial charge in [0.15, 0.2) is 0 Å². The first-order valence-electron chi connectivity index (χ1n) is 5.73. The Kier molecular flexibility index (Phi) is 3.51. The van der Waals surface area contributed by atoms with Gasteiger partial charge in [0.1, 0.15) is 5.82 Å². The second kappa shape index (κ2) is 5.07. The van der Waals surface area contributed by atoms with E-state index in [4.69, 9.17) is 0 Å². The van der Waals surface area contributed by atoms with E-state index in [1.807, 2.05) is 19.1 Å². The summed E-state index contributed by atoms with van der Waals surface area (Å²) >= 11 is 0. The number of nitrogens with one attached hydrogen (secondary N) is 2. The second-order valence-corrected chi connectivity index (χ2v) is 4.16. The van der Waals surface area contributed by atoms with Crippen LogP contribution in [-0.4, -0.2) is 23.5 Å². The Morgan fingerprint density at radius 2 is 2.44 bits per heavy atom. The van der Waals surface area contributed by atoms with Gasteiger partial charge in [0.2, 0.25) is 5.91 Å². The minimum absolute atomic E-state index is 0.0292. The number of carbonyl (C=O) groups is 1. The summed E-state index contributed by atoms with van der Waals surface area (Å²) in [5, 5.41) is 6.09. The van der Waals surface area contributed by atoms with Gasteiger partial charge in [-0.05, 0) is 37.9 Å². The minimum Gasteiger partial charge on any atom is -0.309 e. The second-order valence-electron chi connectivity index (χ2n) is 4.16. The molecule has 0 bridgehead atoms. The first kappa shape index (κ1) is 11.1. The lowest BCUT2D eigenvalue weighted by Crippen LogP contribution is -2.43. The third kappa shape index (κ3) is 2.58. The number of hydrogen-bond donors (Lipinski definition) is 2. The monoisotopic (exact) mass is 219 g/mol. The van der Waals surface area contributed by atoms with E-state index in [0.29, 0.717) is 5.82 Å². The molecule has 4 heteroatoms. The van der Waals surface area contributed by atoms with Crippen LogP contribution in [-0.2, 0) is 4.79 Å². The van der Waals surface area contributed by atoms with Crippen LogP contribution in [0.3, 0.4) is 0 Å². The molecule has 0 saturated carbocycles. The van der Waals surface area contributed by atoms with Gasteiger partial charge in [-0.15, -0.1) is 0 Å². The van der Waals surface area contributed by atoms with Crippen molar-refractivity contribution in [1.82, 2.24) is 10.3 Å². The number of nitrogens with zero attached hydrogens (tertiary/aromatic N) is 1. The van der Waals surface area contributed by atoms with Crippen LogP contribution in [0.4, 0.5) is 5.82 Å². The zero-order valence-electron chi connectivity index (χ0n) is 9.49. The minimum atomic E-state index is -0.0600. The molecular weight excluding hydrogens is 202 g/mol. The largest absolute Gasteiger partial charge is 0.309 e. The quantitative estimate of drug-likeness (QED) is 0.792. The van der Waals surface area contributed by atoms with Crippen LogP contribution in [0.25, 0.3) is 0 Å². The number of anilines is 1. The van der Waals surface area contributed by atoms with Gasteiger partial charge >= 0.3 is 0 Å². The van der Waals surface area contributed by atoms with Gasteiger partial charge < -0.3 is 10.6 Å². The Hall–Kier alpha value is -1.42. The fourth-order valence-electron chi connectivity index (χ4n) is 1.90. The van der Waals surface area contributed by atoms with Crippen LogP contribution in [0, 0.1) is 6.92 Å². The highest BCUT2D eigenvalue weighted by Crippen LogP contribution is 2.12. The Labute approximate surface area is 95.5 Å². The fourth-order valence-corrected chi connectivity index (χ4v) is 1.90.